The van der Waals surface area contributed by atoms with Crippen molar-refractivity contribution in [2.24, 2.45) is 0 Å². The lowest BCUT2D eigenvalue weighted by Gasteiger charge is -2.26. The SMILES string of the molecule is O=C1CCC(=O)CCN(C(C(=O)O)C(=O)O)CCC(=O)CCC(=O)CCN(C(C(=O)O)C(=O)O)CC1. The second-order valence-corrected chi connectivity index (χ2v) is 8.38. The van der Waals surface area contributed by atoms with Crippen molar-refractivity contribution >= 4 is 47.0 Å². The van der Waals surface area contributed by atoms with Crippen molar-refractivity contribution in [3.63, 3.8) is 0 Å². The Balaban J connectivity index is 3.04. The topological polar surface area (TPSA) is 224 Å². The zero-order valence-corrected chi connectivity index (χ0v) is 19.6. The van der Waals surface area contributed by atoms with E-state index in [-0.39, 0.29) is 77.5 Å². The smallest absolute Gasteiger partial charge is 0.332 e. The molecule has 36 heavy (non-hydrogen) atoms. The Morgan fingerprint density at radius 2 is 0.639 bits per heavy atom. The number of hydrogen-bond acceptors (Lipinski definition) is 10. The molecule has 0 bridgehead atoms. The minimum Gasteiger partial charge on any atom is -0.480 e. The molecule has 1 saturated heterocycles. The third-order valence-corrected chi connectivity index (χ3v) is 5.74. The van der Waals surface area contributed by atoms with Gasteiger partial charge in [-0.2, -0.15) is 0 Å². The Morgan fingerprint density at radius 3 is 0.806 bits per heavy atom. The summed E-state index contributed by atoms with van der Waals surface area (Å²) in [6, 6.07) is -3.97. The third-order valence-electron chi connectivity index (χ3n) is 5.74. The minimum absolute atomic E-state index is 0.240. The first-order valence-corrected chi connectivity index (χ1v) is 11.3. The number of nitrogens with zero attached hydrogens (tertiary/aromatic N) is 2. The Bertz CT molecular complexity index is 759. The van der Waals surface area contributed by atoms with Gasteiger partial charge >= 0.3 is 23.9 Å². The maximum atomic E-state index is 12.2. The predicted octanol–water partition coefficient (Wildman–Crippen LogP) is -0.923. The van der Waals surface area contributed by atoms with Crippen LogP contribution in [0, 0.1) is 0 Å². The molecule has 1 aliphatic rings. The summed E-state index contributed by atoms with van der Waals surface area (Å²) in [4.78, 5) is 96.6. The van der Waals surface area contributed by atoms with Crippen LogP contribution in [0.25, 0.3) is 0 Å². The molecule has 0 radical (unpaired) electrons. The fourth-order valence-electron chi connectivity index (χ4n) is 3.71. The molecule has 0 aromatic heterocycles. The lowest BCUT2D eigenvalue weighted by molar-refractivity contribution is -0.159. The first-order valence-electron chi connectivity index (χ1n) is 11.3. The molecule has 4 N–H and O–H groups in total. The van der Waals surface area contributed by atoms with E-state index in [9.17, 15) is 58.8 Å². The van der Waals surface area contributed by atoms with E-state index in [4.69, 9.17) is 0 Å². The number of carbonyl (C=O) groups excluding carboxylic acids is 4. The Labute approximate surface area is 205 Å². The summed E-state index contributed by atoms with van der Waals surface area (Å²) in [7, 11) is 0. The quantitative estimate of drug-likeness (QED) is 0.315. The third kappa shape index (κ3) is 10.4. The van der Waals surface area contributed by atoms with E-state index >= 15 is 0 Å². The average molecular weight is 514 g/mol. The fraction of sp³-hybridized carbons (Fsp3) is 0.636. The molecular formula is C22H30N2O12. The molecule has 14 nitrogen and oxygen atoms in total. The number of hydrogen-bond donors (Lipinski definition) is 4. The fourth-order valence-corrected chi connectivity index (χ4v) is 3.71. The normalized spacial score (nSPS) is 19.2. The van der Waals surface area contributed by atoms with Crippen LogP contribution in [0.3, 0.4) is 0 Å². The van der Waals surface area contributed by atoms with E-state index in [1.807, 2.05) is 0 Å². The van der Waals surface area contributed by atoms with Crippen molar-refractivity contribution < 1.29 is 58.8 Å². The summed E-state index contributed by atoms with van der Waals surface area (Å²) < 4.78 is 0. The second kappa shape index (κ2) is 14.8. The summed E-state index contributed by atoms with van der Waals surface area (Å²) in [6.45, 7) is -1.13. The molecule has 14 heteroatoms. The van der Waals surface area contributed by atoms with Gasteiger partial charge in [-0.05, 0) is 0 Å². The molecule has 0 aromatic carbocycles. The zero-order chi connectivity index (χ0) is 27.4. The van der Waals surface area contributed by atoms with Gasteiger partial charge in [-0.3, -0.25) is 29.0 Å². The predicted molar refractivity (Wildman–Crippen MR) is 118 cm³/mol. The Kier molecular flexibility index (Phi) is 12.5. The van der Waals surface area contributed by atoms with Crippen molar-refractivity contribution in [3.05, 3.63) is 0 Å². The minimum atomic E-state index is -1.98. The first kappa shape index (κ1) is 30.5. The lowest BCUT2D eigenvalue weighted by atomic mass is 10.0. The van der Waals surface area contributed by atoms with Gasteiger partial charge in [0.15, 0.2) is 0 Å². The van der Waals surface area contributed by atoms with E-state index in [0.29, 0.717) is 0 Å². The molecule has 0 aliphatic carbocycles. The van der Waals surface area contributed by atoms with Gasteiger partial charge in [0.05, 0.1) is 0 Å². The molecule has 1 fully saturated rings. The summed E-state index contributed by atoms with van der Waals surface area (Å²) in [6.07, 6.45) is -2.06. The van der Waals surface area contributed by atoms with Crippen molar-refractivity contribution in [2.75, 3.05) is 26.2 Å². The largest absolute Gasteiger partial charge is 0.480 e. The van der Waals surface area contributed by atoms with E-state index < -0.39 is 59.1 Å². The van der Waals surface area contributed by atoms with E-state index in [1.54, 1.807) is 0 Å². The summed E-state index contributed by atoms with van der Waals surface area (Å²) in [5.41, 5.74) is 0. The second-order valence-electron chi connectivity index (χ2n) is 8.38. The van der Waals surface area contributed by atoms with Crippen LogP contribution in [-0.2, 0) is 38.4 Å². The molecular weight excluding hydrogens is 484 g/mol. The molecule has 0 unspecified atom stereocenters. The molecule has 1 heterocycles. The number of ketones is 4. The van der Waals surface area contributed by atoms with Crippen LogP contribution in [-0.4, -0.2) is 115 Å². The molecule has 0 amide bonds. The average Bonchev–Trinajstić information content (AvgIpc) is 2.77. The Morgan fingerprint density at radius 1 is 0.444 bits per heavy atom. The van der Waals surface area contributed by atoms with Gasteiger partial charge in [-0.25, -0.2) is 19.2 Å². The number of Topliss-reactive ketones (excluding diaryl/α,β-unsaturated/α-hetero) is 4. The molecule has 200 valence electrons. The van der Waals surface area contributed by atoms with Crippen molar-refractivity contribution in [3.8, 4) is 0 Å². The lowest BCUT2D eigenvalue weighted by Crippen LogP contribution is -2.48. The van der Waals surface area contributed by atoms with E-state index in [0.717, 1.165) is 9.80 Å². The van der Waals surface area contributed by atoms with Crippen LogP contribution < -0.4 is 0 Å². The van der Waals surface area contributed by atoms with Crippen molar-refractivity contribution in [2.45, 2.75) is 63.5 Å². The number of carboxylic acid groups (broad SMARTS) is 4. The van der Waals surface area contributed by atoms with E-state index in [1.165, 1.54) is 0 Å². The van der Waals surface area contributed by atoms with Crippen molar-refractivity contribution in [1.29, 1.82) is 0 Å². The van der Waals surface area contributed by atoms with Crippen LogP contribution in [0.4, 0.5) is 0 Å². The van der Waals surface area contributed by atoms with Crippen LogP contribution in [0.15, 0.2) is 0 Å². The maximum absolute atomic E-state index is 12.2. The highest BCUT2D eigenvalue weighted by molar-refractivity contribution is 5.98. The number of aliphatic carboxylic acids is 4. The van der Waals surface area contributed by atoms with Crippen molar-refractivity contribution in [1.82, 2.24) is 9.80 Å². The maximum Gasteiger partial charge on any atom is 0.332 e. The van der Waals surface area contributed by atoms with Crippen LogP contribution >= 0.6 is 0 Å². The highest BCUT2D eigenvalue weighted by Gasteiger charge is 2.34. The van der Waals surface area contributed by atoms with Gasteiger partial charge < -0.3 is 20.4 Å². The van der Waals surface area contributed by atoms with Gasteiger partial charge in [0.1, 0.15) is 23.1 Å². The highest BCUT2D eigenvalue weighted by Crippen LogP contribution is 2.11. The van der Waals surface area contributed by atoms with Crippen LogP contribution in [0.2, 0.25) is 0 Å². The Hall–Kier alpha value is -3.52. The van der Waals surface area contributed by atoms with E-state index in [2.05, 4.69) is 0 Å². The number of carbonyl (C=O) groups is 8. The highest BCUT2D eigenvalue weighted by atomic mass is 16.4. The van der Waals surface area contributed by atoms with Gasteiger partial charge in [-0.15, -0.1) is 0 Å². The van der Waals surface area contributed by atoms with Gasteiger partial charge in [-0.1, -0.05) is 0 Å². The molecule has 0 atom stereocenters. The molecule has 1 rings (SSSR count). The zero-order valence-electron chi connectivity index (χ0n) is 19.6. The van der Waals surface area contributed by atoms with Crippen LogP contribution in [0.1, 0.15) is 51.4 Å². The summed E-state index contributed by atoms with van der Waals surface area (Å²) in [5.74, 6) is -8.47. The van der Waals surface area contributed by atoms with Gasteiger partial charge in [0.25, 0.3) is 0 Å². The molecule has 0 aromatic rings. The summed E-state index contributed by atoms with van der Waals surface area (Å²) in [5, 5.41) is 37.1. The monoisotopic (exact) mass is 514 g/mol. The summed E-state index contributed by atoms with van der Waals surface area (Å²) >= 11 is 0. The molecule has 1 aliphatic heterocycles. The van der Waals surface area contributed by atoms with Gasteiger partial charge in [0, 0.05) is 77.5 Å². The standard InChI is InChI=1S/C22H30N2O12/c25-13-1-2-14(26)6-10-24(18(21(33)34)22(35)36)12-8-16(28)4-3-15(27)7-11-23(9-5-13)17(19(29)30)20(31)32/h17-18H,1-12H2,(H,29,30)(H,31,32)(H,33,34)(H,35,36). The number of rotatable bonds is 6. The first-order chi connectivity index (χ1) is 16.8. The molecule has 0 saturated carbocycles. The number of carboxylic acids is 4. The van der Waals surface area contributed by atoms with Crippen LogP contribution in [0.5, 0.6) is 0 Å². The molecule has 0 spiro atoms. The van der Waals surface area contributed by atoms with Gasteiger partial charge in [0.2, 0.25) is 12.1 Å².